The Hall–Kier alpha value is -3.00. The topological polar surface area (TPSA) is 88.8 Å². The van der Waals surface area contributed by atoms with Crippen LogP contribution < -0.4 is 5.56 Å². The summed E-state index contributed by atoms with van der Waals surface area (Å²) in [5.74, 6) is -0.450. The van der Waals surface area contributed by atoms with E-state index in [1.54, 1.807) is 19.1 Å². The van der Waals surface area contributed by atoms with E-state index in [1.807, 2.05) is 11.8 Å². The fourth-order valence-corrected chi connectivity index (χ4v) is 7.87. The van der Waals surface area contributed by atoms with Gasteiger partial charge in [0.2, 0.25) is 5.91 Å². The van der Waals surface area contributed by atoms with E-state index in [0.717, 1.165) is 32.1 Å². The number of benzene rings is 1. The van der Waals surface area contributed by atoms with Crippen LogP contribution in [0.4, 0.5) is 4.39 Å². The molecule has 42 heavy (non-hydrogen) atoms. The number of rotatable bonds is 8. The van der Waals surface area contributed by atoms with Crippen molar-refractivity contribution in [1.29, 1.82) is 0 Å². The van der Waals surface area contributed by atoms with E-state index in [4.69, 9.17) is 4.74 Å². The van der Waals surface area contributed by atoms with E-state index in [0.29, 0.717) is 25.4 Å². The van der Waals surface area contributed by atoms with Gasteiger partial charge in [0.1, 0.15) is 5.82 Å². The number of ether oxygens (including phenoxy) is 1. The van der Waals surface area contributed by atoms with Crippen molar-refractivity contribution < 1.29 is 23.8 Å². The summed E-state index contributed by atoms with van der Waals surface area (Å²) in [6, 6.07) is 7.28. The first-order chi connectivity index (χ1) is 20.2. The molecule has 8 heteroatoms. The quantitative estimate of drug-likeness (QED) is 0.389. The summed E-state index contributed by atoms with van der Waals surface area (Å²) in [4.78, 5) is 42.0. The van der Waals surface area contributed by atoms with Crippen LogP contribution >= 0.6 is 0 Å². The van der Waals surface area contributed by atoms with Crippen molar-refractivity contribution >= 4 is 11.9 Å². The van der Waals surface area contributed by atoms with Crippen molar-refractivity contribution in [2.24, 2.45) is 17.3 Å². The van der Waals surface area contributed by atoms with Crippen LogP contribution in [-0.4, -0.2) is 51.7 Å². The average Bonchev–Trinajstić information content (AvgIpc) is 3.46. The zero-order valence-corrected chi connectivity index (χ0v) is 25.1. The molecule has 1 amide bonds. The third-order valence-electron chi connectivity index (χ3n) is 10.2. The molecule has 0 radical (unpaired) electrons. The second-order valence-electron chi connectivity index (χ2n) is 12.9. The van der Waals surface area contributed by atoms with Gasteiger partial charge in [0.15, 0.2) is 0 Å². The first-order valence-electron chi connectivity index (χ1n) is 15.8. The van der Waals surface area contributed by atoms with Gasteiger partial charge in [-0.2, -0.15) is 0 Å². The van der Waals surface area contributed by atoms with Crippen LogP contribution in [0.1, 0.15) is 94.8 Å². The van der Waals surface area contributed by atoms with Crippen molar-refractivity contribution in [2.75, 3.05) is 19.7 Å². The third kappa shape index (κ3) is 6.05. The summed E-state index contributed by atoms with van der Waals surface area (Å²) < 4.78 is 21.4. The molecule has 2 atom stereocenters. The molecule has 1 saturated heterocycles. The molecule has 1 aromatic heterocycles. The van der Waals surface area contributed by atoms with Crippen LogP contribution in [0.5, 0.6) is 0 Å². The second kappa shape index (κ2) is 12.7. The number of esters is 1. The summed E-state index contributed by atoms with van der Waals surface area (Å²) in [6.45, 7) is 4.77. The van der Waals surface area contributed by atoms with Crippen LogP contribution in [0.2, 0.25) is 0 Å². The Bertz CT molecular complexity index is 1340. The fraction of sp³-hybridized carbons (Fsp3) is 0.618. The maximum absolute atomic E-state index is 14.7. The second-order valence-corrected chi connectivity index (χ2v) is 12.9. The van der Waals surface area contributed by atoms with Crippen molar-refractivity contribution in [3.63, 3.8) is 0 Å². The third-order valence-corrected chi connectivity index (χ3v) is 10.2. The molecule has 228 valence electrons. The highest BCUT2D eigenvalue weighted by Crippen LogP contribution is 2.52. The number of hydrogen-bond donors (Lipinski definition) is 1. The fourth-order valence-electron chi connectivity index (χ4n) is 7.87. The number of carbonyl (C=O) groups excluding carboxylic acids is 2. The van der Waals surface area contributed by atoms with E-state index < -0.39 is 28.4 Å². The Morgan fingerprint density at radius 2 is 1.79 bits per heavy atom. The zero-order chi connectivity index (χ0) is 29.9. The number of pyridine rings is 1. The van der Waals surface area contributed by atoms with Gasteiger partial charge in [-0.05, 0) is 44.6 Å². The average molecular weight is 581 g/mol. The van der Waals surface area contributed by atoms with Gasteiger partial charge < -0.3 is 19.3 Å². The molecule has 1 aromatic carbocycles. The predicted octanol–water partition coefficient (Wildman–Crippen LogP) is 5.96. The van der Waals surface area contributed by atoms with Crippen molar-refractivity contribution in [2.45, 2.75) is 96.6 Å². The molecule has 3 fully saturated rings. The van der Waals surface area contributed by atoms with Crippen LogP contribution in [-0.2, 0) is 16.1 Å². The summed E-state index contributed by atoms with van der Waals surface area (Å²) in [5, 5.41) is 12.3. The minimum atomic E-state index is -1.23. The molecule has 5 rings (SSSR count). The molecule has 2 aromatic rings. The summed E-state index contributed by atoms with van der Waals surface area (Å²) in [6.07, 6.45) is 12.4. The maximum Gasteiger partial charge on any atom is 0.340 e. The lowest BCUT2D eigenvalue weighted by Gasteiger charge is -2.53. The Balaban J connectivity index is 1.41. The van der Waals surface area contributed by atoms with Gasteiger partial charge in [-0.25, -0.2) is 9.18 Å². The smallest absolute Gasteiger partial charge is 0.340 e. The number of piperidine rings is 1. The zero-order valence-electron chi connectivity index (χ0n) is 25.1. The van der Waals surface area contributed by atoms with Gasteiger partial charge in [0.25, 0.3) is 5.56 Å². The number of likely N-dealkylation sites (tertiary alicyclic amines) is 1. The van der Waals surface area contributed by atoms with Gasteiger partial charge in [0.05, 0.1) is 24.3 Å². The summed E-state index contributed by atoms with van der Waals surface area (Å²) in [5.41, 5.74) is -1.80. The lowest BCUT2D eigenvalue weighted by molar-refractivity contribution is -0.163. The van der Waals surface area contributed by atoms with Crippen molar-refractivity contribution in [1.82, 2.24) is 9.47 Å². The molecule has 3 aliphatic rings. The molecular weight excluding hydrogens is 535 g/mol. The first-order valence-corrected chi connectivity index (χ1v) is 15.8. The summed E-state index contributed by atoms with van der Waals surface area (Å²) >= 11 is 0. The Morgan fingerprint density at radius 3 is 2.48 bits per heavy atom. The van der Waals surface area contributed by atoms with Crippen LogP contribution in [0.3, 0.4) is 0 Å². The number of halogens is 1. The predicted molar refractivity (Wildman–Crippen MR) is 159 cm³/mol. The van der Waals surface area contributed by atoms with E-state index >= 15 is 0 Å². The largest absolute Gasteiger partial charge is 0.462 e. The number of nitrogens with zero attached hydrogens (tertiary/aromatic N) is 2. The van der Waals surface area contributed by atoms with Gasteiger partial charge in [-0.3, -0.25) is 9.59 Å². The standard InChI is InChI=1S/C34H45FN2O5/c1-3-42-32(40)28-21-37(30(38)20-27(28)26-13-7-8-14-29(26)35)23-34(41)17-18-36(22-33(34)15-9-10-16-33)31(39)24(2)19-25-11-5-4-6-12-25/h7-8,13-14,20-21,24-25,41H,3-6,9-12,15-19,22-23H2,1-2H3/t24?,34-/m1/s1. The minimum Gasteiger partial charge on any atom is -0.462 e. The summed E-state index contributed by atoms with van der Waals surface area (Å²) in [7, 11) is 0. The lowest BCUT2D eigenvalue weighted by atomic mass is 9.65. The SMILES string of the molecule is CCOC(=O)c1cn(C[C@]2(O)CCN(C(=O)C(C)CC3CCCCC3)CC23CCCC3)c(=O)cc1-c1ccccc1F. The number of amides is 1. The van der Waals surface area contributed by atoms with Gasteiger partial charge >= 0.3 is 5.97 Å². The Labute approximate surface area is 248 Å². The molecule has 2 saturated carbocycles. The molecule has 2 aliphatic carbocycles. The molecule has 2 heterocycles. The molecule has 7 nitrogen and oxygen atoms in total. The maximum atomic E-state index is 14.7. The first kappa shape index (κ1) is 30.5. The van der Waals surface area contributed by atoms with Crippen LogP contribution in [0, 0.1) is 23.1 Å². The lowest BCUT2D eigenvalue weighted by Crippen LogP contribution is -2.62. The molecule has 1 unspecified atom stereocenters. The molecule has 1 N–H and O–H groups in total. The van der Waals surface area contributed by atoms with E-state index in [1.165, 1.54) is 61.1 Å². The van der Waals surface area contributed by atoms with E-state index in [2.05, 4.69) is 0 Å². The molecular formula is C34H45FN2O5. The Kier molecular flexibility index (Phi) is 9.21. The molecule has 1 spiro atoms. The highest BCUT2D eigenvalue weighted by atomic mass is 19.1. The van der Waals surface area contributed by atoms with Crippen molar-refractivity contribution in [3.05, 3.63) is 58.3 Å². The molecule has 0 bridgehead atoms. The van der Waals surface area contributed by atoms with Gasteiger partial charge in [-0.15, -0.1) is 0 Å². The highest BCUT2D eigenvalue weighted by Gasteiger charge is 2.55. The van der Waals surface area contributed by atoms with Crippen LogP contribution in [0.15, 0.2) is 41.3 Å². The minimum absolute atomic E-state index is 0.00452. The normalized spacial score (nSPS) is 23.2. The number of aliphatic hydroxyl groups is 1. The monoisotopic (exact) mass is 580 g/mol. The van der Waals surface area contributed by atoms with E-state index in [-0.39, 0.29) is 41.7 Å². The van der Waals surface area contributed by atoms with E-state index in [9.17, 15) is 23.9 Å². The van der Waals surface area contributed by atoms with Gasteiger partial charge in [0, 0.05) is 47.8 Å². The number of aromatic nitrogens is 1. The van der Waals surface area contributed by atoms with Gasteiger partial charge in [-0.1, -0.05) is 70.1 Å². The highest BCUT2D eigenvalue weighted by molar-refractivity contribution is 5.97. The Morgan fingerprint density at radius 1 is 1.07 bits per heavy atom. The number of hydrogen-bond acceptors (Lipinski definition) is 5. The van der Waals surface area contributed by atoms with Crippen LogP contribution in [0.25, 0.3) is 11.1 Å². The number of carbonyl (C=O) groups is 2. The molecule has 1 aliphatic heterocycles. The van der Waals surface area contributed by atoms with Crippen molar-refractivity contribution in [3.8, 4) is 11.1 Å².